The van der Waals surface area contributed by atoms with Crippen molar-refractivity contribution >= 4 is 27.5 Å². The van der Waals surface area contributed by atoms with Crippen LogP contribution in [-0.4, -0.2) is 0 Å². The molecular formula is C25H20OS. The first-order chi connectivity index (χ1) is 13.2. The number of benzene rings is 3. The summed E-state index contributed by atoms with van der Waals surface area (Å²) in [4.78, 5) is 1.35. The molecule has 4 aromatic rings. The van der Waals surface area contributed by atoms with Crippen molar-refractivity contribution in [1.29, 1.82) is 0 Å². The molecule has 1 aliphatic rings. The van der Waals surface area contributed by atoms with E-state index in [1.165, 1.54) is 20.5 Å². The van der Waals surface area contributed by atoms with Crippen molar-refractivity contribution in [2.45, 2.75) is 19.4 Å². The molecule has 0 spiro atoms. The molecule has 0 unspecified atom stereocenters. The van der Waals surface area contributed by atoms with Crippen LogP contribution in [0.25, 0.3) is 16.2 Å². The van der Waals surface area contributed by atoms with Crippen LogP contribution in [-0.2, 0) is 5.60 Å². The van der Waals surface area contributed by atoms with Crippen LogP contribution in [0.15, 0.2) is 78.9 Å². The van der Waals surface area contributed by atoms with E-state index in [-0.39, 0.29) is 0 Å². The highest BCUT2D eigenvalue weighted by Gasteiger charge is 2.37. The van der Waals surface area contributed by atoms with Gasteiger partial charge < -0.3 is 4.74 Å². The second kappa shape index (κ2) is 6.11. The Hall–Kier alpha value is -2.84. The smallest absolute Gasteiger partial charge is 0.178 e. The maximum atomic E-state index is 6.90. The van der Waals surface area contributed by atoms with Gasteiger partial charge in [-0.2, -0.15) is 0 Å². The van der Waals surface area contributed by atoms with Gasteiger partial charge in [-0.05, 0) is 30.9 Å². The van der Waals surface area contributed by atoms with Crippen LogP contribution in [0.5, 0.6) is 5.75 Å². The maximum Gasteiger partial charge on any atom is 0.178 e. The SMILES string of the molecule is Cc1sc2c3c(ccc2c1C)C=CC(c1ccccc1)(c1ccccc1)O3. The molecule has 0 saturated carbocycles. The first-order valence-corrected chi connectivity index (χ1v) is 10.0. The Morgan fingerprint density at radius 2 is 1.41 bits per heavy atom. The Labute approximate surface area is 163 Å². The normalized spacial score (nSPS) is 14.7. The van der Waals surface area contributed by atoms with E-state index in [1.54, 1.807) is 0 Å². The fourth-order valence-electron chi connectivity index (χ4n) is 3.88. The molecule has 0 radical (unpaired) electrons. The average molecular weight is 369 g/mol. The summed E-state index contributed by atoms with van der Waals surface area (Å²) < 4.78 is 8.14. The van der Waals surface area contributed by atoms with Crippen LogP contribution in [0.2, 0.25) is 0 Å². The first-order valence-electron chi connectivity index (χ1n) is 9.21. The lowest BCUT2D eigenvalue weighted by molar-refractivity contribution is 0.164. The summed E-state index contributed by atoms with van der Waals surface area (Å²) in [5.41, 5.74) is 4.16. The van der Waals surface area contributed by atoms with E-state index in [9.17, 15) is 0 Å². The zero-order valence-corrected chi connectivity index (χ0v) is 16.2. The van der Waals surface area contributed by atoms with Crippen molar-refractivity contribution < 1.29 is 4.74 Å². The third kappa shape index (κ3) is 2.44. The molecule has 132 valence electrons. The Bertz CT molecular complexity index is 1110. The van der Waals surface area contributed by atoms with Crippen molar-refractivity contribution in [3.05, 3.63) is 106 Å². The third-order valence-corrected chi connectivity index (χ3v) is 6.72. The van der Waals surface area contributed by atoms with Crippen molar-refractivity contribution in [2.75, 3.05) is 0 Å². The monoisotopic (exact) mass is 368 g/mol. The topological polar surface area (TPSA) is 9.23 Å². The van der Waals surface area contributed by atoms with Crippen LogP contribution >= 0.6 is 11.3 Å². The Morgan fingerprint density at radius 1 is 0.778 bits per heavy atom. The third-order valence-electron chi connectivity index (χ3n) is 5.50. The second-order valence-corrected chi connectivity index (χ2v) is 8.27. The number of ether oxygens (including phenoxy) is 1. The van der Waals surface area contributed by atoms with Crippen LogP contribution in [0, 0.1) is 13.8 Å². The van der Waals surface area contributed by atoms with Gasteiger partial charge in [-0.25, -0.2) is 0 Å². The summed E-state index contributed by atoms with van der Waals surface area (Å²) >= 11 is 1.83. The van der Waals surface area contributed by atoms with Gasteiger partial charge in [0, 0.05) is 21.6 Å². The molecule has 1 nitrogen and oxygen atoms in total. The minimum atomic E-state index is -0.615. The Morgan fingerprint density at radius 3 is 2.04 bits per heavy atom. The molecule has 1 aromatic heterocycles. The van der Waals surface area contributed by atoms with E-state index in [4.69, 9.17) is 4.74 Å². The summed E-state index contributed by atoms with van der Waals surface area (Å²) in [5, 5.41) is 1.29. The molecule has 0 aliphatic carbocycles. The Balaban J connectivity index is 1.78. The van der Waals surface area contributed by atoms with E-state index in [2.05, 4.69) is 86.7 Å². The Kier molecular flexibility index (Phi) is 3.70. The lowest BCUT2D eigenvalue weighted by atomic mass is 9.83. The lowest BCUT2D eigenvalue weighted by Gasteiger charge is -2.36. The van der Waals surface area contributed by atoms with Crippen LogP contribution in [0.3, 0.4) is 0 Å². The number of hydrogen-bond acceptors (Lipinski definition) is 2. The average Bonchev–Trinajstić information content (AvgIpc) is 3.03. The molecule has 1 aliphatic heterocycles. The van der Waals surface area contributed by atoms with Gasteiger partial charge in [0.2, 0.25) is 0 Å². The van der Waals surface area contributed by atoms with Gasteiger partial charge in [0.05, 0.1) is 4.70 Å². The van der Waals surface area contributed by atoms with Crippen molar-refractivity contribution in [2.24, 2.45) is 0 Å². The van der Waals surface area contributed by atoms with Crippen molar-refractivity contribution in [3.8, 4) is 5.75 Å². The predicted octanol–water partition coefficient (Wildman–Crippen LogP) is 6.87. The molecule has 0 bridgehead atoms. The van der Waals surface area contributed by atoms with Crippen LogP contribution in [0.4, 0.5) is 0 Å². The molecule has 2 heterocycles. The number of aryl methyl sites for hydroxylation is 2. The van der Waals surface area contributed by atoms with Gasteiger partial charge in [0.15, 0.2) is 5.60 Å². The van der Waals surface area contributed by atoms with E-state index in [0.29, 0.717) is 0 Å². The number of rotatable bonds is 2. The standard InChI is InChI=1S/C25H20OS/c1-17-18(2)27-24-22(17)14-13-19-15-16-25(26-23(19)24,20-9-5-3-6-10-20)21-11-7-4-8-12-21/h3-16H,1-2H3. The molecule has 2 heteroatoms. The highest BCUT2D eigenvalue weighted by Crippen LogP contribution is 2.47. The molecule has 5 rings (SSSR count). The van der Waals surface area contributed by atoms with Gasteiger partial charge >= 0.3 is 0 Å². The van der Waals surface area contributed by atoms with Gasteiger partial charge in [-0.3, -0.25) is 0 Å². The van der Waals surface area contributed by atoms with E-state index in [0.717, 1.165) is 22.4 Å². The summed E-state index contributed by atoms with van der Waals surface area (Å²) in [5.74, 6) is 0.990. The molecule has 0 saturated heterocycles. The van der Waals surface area contributed by atoms with Gasteiger partial charge in [0.25, 0.3) is 0 Å². The highest BCUT2D eigenvalue weighted by molar-refractivity contribution is 7.19. The van der Waals surface area contributed by atoms with Gasteiger partial charge in [0.1, 0.15) is 5.75 Å². The minimum absolute atomic E-state index is 0.615. The van der Waals surface area contributed by atoms with Gasteiger partial charge in [-0.1, -0.05) is 78.9 Å². The predicted molar refractivity (Wildman–Crippen MR) is 115 cm³/mol. The molecule has 0 atom stereocenters. The second-order valence-electron chi connectivity index (χ2n) is 7.05. The van der Waals surface area contributed by atoms with Crippen molar-refractivity contribution in [3.63, 3.8) is 0 Å². The number of hydrogen-bond donors (Lipinski definition) is 0. The van der Waals surface area contributed by atoms with E-state index >= 15 is 0 Å². The summed E-state index contributed by atoms with van der Waals surface area (Å²) in [7, 11) is 0. The van der Waals surface area contributed by atoms with Crippen LogP contribution < -0.4 is 4.74 Å². The number of thiophene rings is 1. The summed E-state index contributed by atoms with van der Waals surface area (Å²) in [6, 6.07) is 25.4. The minimum Gasteiger partial charge on any atom is -0.472 e. The largest absolute Gasteiger partial charge is 0.472 e. The fraction of sp³-hybridized carbons (Fsp3) is 0.120. The lowest BCUT2D eigenvalue weighted by Crippen LogP contribution is -2.34. The van der Waals surface area contributed by atoms with Gasteiger partial charge in [-0.15, -0.1) is 11.3 Å². The molecular weight excluding hydrogens is 348 g/mol. The van der Waals surface area contributed by atoms with Crippen molar-refractivity contribution in [1.82, 2.24) is 0 Å². The molecule has 27 heavy (non-hydrogen) atoms. The zero-order chi connectivity index (χ0) is 18.4. The molecule has 0 N–H and O–H groups in total. The molecule has 0 amide bonds. The first kappa shape index (κ1) is 16.3. The quantitative estimate of drug-likeness (QED) is 0.375. The zero-order valence-electron chi connectivity index (χ0n) is 15.4. The molecule has 0 fully saturated rings. The summed E-state index contributed by atoms with van der Waals surface area (Å²) in [6.45, 7) is 4.38. The molecule has 3 aromatic carbocycles. The highest BCUT2D eigenvalue weighted by atomic mass is 32.1. The van der Waals surface area contributed by atoms with E-state index < -0.39 is 5.60 Å². The van der Waals surface area contributed by atoms with E-state index in [1.807, 2.05) is 23.5 Å². The number of fused-ring (bicyclic) bond motifs is 3. The fourth-order valence-corrected chi connectivity index (χ4v) is 5.03. The summed E-state index contributed by atoms with van der Waals surface area (Å²) in [6.07, 6.45) is 4.40. The van der Waals surface area contributed by atoms with Crippen LogP contribution in [0.1, 0.15) is 27.1 Å². The maximum absolute atomic E-state index is 6.90.